The SMILES string of the molecule is C/C(CN1c2ccccc2Sc2ccccc21)=N\NC(=O)Nc1ccccc1. The van der Waals surface area contributed by atoms with Gasteiger partial charge in [-0.15, -0.1) is 0 Å². The van der Waals surface area contributed by atoms with E-state index in [0.717, 1.165) is 22.8 Å². The number of para-hydroxylation sites is 3. The van der Waals surface area contributed by atoms with Crippen LogP contribution in [0.4, 0.5) is 21.9 Å². The summed E-state index contributed by atoms with van der Waals surface area (Å²) in [6, 6.07) is 25.6. The largest absolute Gasteiger partial charge is 0.339 e. The second kappa shape index (κ2) is 8.19. The molecule has 28 heavy (non-hydrogen) atoms. The van der Waals surface area contributed by atoms with E-state index in [0.29, 0.717) is 6.54 Å². The topological polar surface area (TPSA) is 56.7 Å². The van der Waals surface area contributed by atoms with Crippen LogP contribution in [0.15, 0.2) is 93.8 Å². The van der Waals surface area contributed by atoms with Gasteiger partial charge in [-0.3, -0.25) is 0 Å². The van der Waals surface area contributed by atoms with Gasteiger partial charge in [0, 0.05) is 15.5 Å². The van der Waals surface area contributed by atoms with Crippen molar-refractivity contribution < 1.29 is 4.79 Å². The van der Waals surface area contributed by atoms with E-state index in [1.54, 1.807) is 11.8 Å². The van der Waals surface area contributed by atoms with Crippen molar-refractivity contribution in [2.45, 2.75) is 16.7 Å². The third-order valence-electron chi connectivity index (χ3n) is 4.30. The molecule has 140 valence electrons. The molecule has 0 aromatic heterocycles. The zero-order valence-corrected chi connectivity index (χ0v) is 16.2. The summed E-state index contributed by atoms with van der Waals surface area (Å²) in [6.45, 7) is 2.50. The van der Waals surface area contributed by atoms with Gasteiger partial charge in [0.1, 0.15) is 0 Å². The predicted octanol–water partition coefficient (Wildman–Crippen LogP) is 5.49. The molecule has 0 fully saturated rings. The van der Waals surface area contributed by atoms with Gasteiger partial charge in [0.15, 0.2) is 0 Å². The number of hydrogen-bond acceptors (Lipinski definition) is 4. The molecule has 0 radical (unpaired) electrons. The minimum absolute atomic E-state index is 0.361. The van der Waals surface area contributed by atoms with Crippen molar-refractivity contribution >= 4 is 40.6 Å². The van der Waals surface area contributed by atoms with Crippen LogP contribution in [0.2, 0.25) is 0 Å². The minimum atomic E-state index is -0.361. The first-order valence-corrected chi connectivity index (χ1v) is 9.81. The number of carbonyl (C=O) groups excluding carboxylic acids is 1. The maximum absolute atomic E-state index is 12.1. The summed E-state index contributed by atoms with van der Waals surface area (Å²) < 4.78 is 0. The van der Waals surface area contributed by atoms with E-state index in [4.69, 9.17) is 0 Å². The van der Waals surface area contributed by atoms with Crippen molar-refractivity contribution in [3.63, 3.8) is 0 Å². The molecule has 2 amide bonds. The molecule has 1 aliphatic heterocycles. The second-order valence-electron chi connectivity index (χ2n) is 6.40. The molecule has 0 saturated heterocycles. The van der Waals surface area contributed by atoms with Crippen LogP contribution in [0.5, 0.6) is 0 Å². The minimum Gasteiger partial charge on any atom is -0.334 e. The van der Waals surface area contributed by atoms with E-state index >= 15 is 0 Å². The molecule has 3 aromatic carbocycles. The average molecular weight is 388 g/mol. The van der Waals surface area contributed by atoms with Crippen molar-refractivity contribution in [3.05, 3.63) is 78.9 Å². The van der Waals surface area contributed by atoms with Crippen LogP contribution in [0.1, 0.15) is 6.92 Å². The summed E-state index contributed by atoms with van der Waals surface area (Å²) in [5, 5.41) is 7.02. The Labute approximate surface area is 168 Å². The highest BCUT2D eigenvalue weighted by Gasteiger charge is 2.23. The van der Waals surface area contributed by atoms with Crippen LogP contribution in [0.25, 0.3) is 0 Å². The van der Waals surface area contributed by atoms with E-state index in [1.165, 1.54) is 9.79 Å². The van der Waals surface area contributed by atoms with Crippen LogP contribution in [0, 0.1) is 0 Å². The Kier molecular flexibility index (Phi) is 5.30. The van der Waals surface area contributed by atoms with E-state index in [9.17, 15) is 4.79 Å². The normalized spacial score (nSPS) is 12.8. The Balaban J connectivity index is 1.49. The first kappa shape index (κ1) is 18.1. The number of anilines is 3. The van der Waals surface area contributed by atoms with Crippen LogP contribution in [0.3, 0.4) is 0 Å². The second-order valence-corrected chi connectivity index (χ2v) is 7.49. The monoisotopic (exact) mass is 388 g/mol. The standard InChI is InChI=1S/C22H20N4OS/c1-16(24-25-22(27)23-17-9-3-2-4-10-17)15-26-18-11-5-7-13-20(18)28-21-14-8-6-12-19(21)26/h2-14H,15H2,1H3,(H2,23,25,27)/b24-16+. The van der Waals surface area contributed by atoms with Crippen LogP contribution in [-0.4, -0.2) is 18.3 Å². The zero-order chi connectivity index (χ0) is 19.3. The molecule has 3 aromatic rings. The molecule has 0 unspecified atom stereocenters. The van der Waals surface area contributed by atoms with Gasteiger partial charge in [-0.25, -0.2) is 10.2 Å². The molecule has 6 heteroatoms. The molecular weight excluding hydrogens is 368 g/mol. The Morgan fingerprint density at radius 1 is 0.893 bits per heavy atom. The number of fused-ring (bicyclic) bond motifs is 2. The van der Waals surface area contributed by atoms with Crippen molar-refractivity contribution in [3.8, 4) is 0 Å². The first-order chi connectivity index (χ1) is 13.7. The van der Waals surface area contributed by atoms with Crippen LogP contribution >= 0.6 is 11.8 Å². The first-order valence-electron chi connectivity index (χ1n) is 8.99. The third kappa shape index (κ3) is 4.02. The number of hydrazone groups is 1. The summed E-state index contributed by atoms with van der Waals surface area (Å²) in [5.74, 6) is 0. The molecule has 0 aliphatic carbocycles. The number of nitrogens with zero attached hydrogens (tertiary/aromatic N) is 2. The lowest BCUT2D eigenvalue weighted by Crippen LogP contribution is -2.30. The Bertz CT molecular complexity index is 974. The van der Waals surface area contributed by atoms with E-state index in [1.807, 2.05) is 61.5 Å². The van der Waals surface area contributed by atoms with Crippen LogP contribution in [-0.2, 0) is 0 Å². The predicted molar refractivity (Wildman–Crippen MR) is 116 cm³/mol. The maximum Gasteiger partial charge on any atom is 0.339 e. The van der Waals surface area contributed by atoms with Gasteiger partial charge in [-0.2, -0.15) is 5.10 Å². The number of carbonyl (C=O) groups is 1. The van der Waals surface area contributed by atoms with Crippen molar-refractivity contribution in [1.82, 2.24) is 5.43 Å². The highest BCUT2D eigenvalue weighted by atomic mass is 32.2. The molecule has 0 spiro atoms. The Morgan fingerprint density at radius 2 is 1.46 bits per heavy atom. The van der Waals surface area contributed by atoms with Gasteiger partial charge in [0.2, 0.25) is 0 Å². The molecule has 4 rings (SSSR count). The molecule has 1 aliphatic rings. The number of nitrogens with one attached hydrogen (secondary N) is 2. The molecule has 0 saturated carbocycles. The highest BCUT2D eigenvalue weighted by molar-refractivity contribution is 7.99. The Hall–Kier alpha value is -3.25. The van der Waals surface area contributed by atoms with E-state index in [-0.39, 0.29) is 6.03 Å². The fourth-order valence-corrected chi connectivity index (χ4v) is 4.14. The maximum atomic E-state index is 12.1. The van der Waals surface area contributed by atoms with Gasteiger partial charge in [-0.1, -0.05) is 54.2 Å². The van der Waals surface area contributed by atoms with Crippen molar-refractivity contribution in [1.29, 1.82) is 0 Å². The van der Waals surface area contributed by atoms with Gasteiger partial charge in [0.05, 0.1) is 23.6 Å². The van der Waals surface area contributed by atoms with Gasteiger partial charge >= 0.3 is 6.03 Å². The molecule has 1 heterocycles. The van der Waals surface area contributed by atoms with Gasteiger partial charge in [0.25, 0.3) is 0 Å². The number of urea groups is 1. The number of hydrogen-bond donors (Lipinski definition) is 2. The molecule has 0 bridgehead atoms. The van der Waals surface area contributed by atoms with Gasteiger partial charge < -0.3 is 10.2 Å². The summed E-state index contributed by atoms with van der Waals surface area (Å²) in [7, 11) is 0. The quantitative estimate of drug-likeness (QED) is 0.459. The summed E-state index contributed by atoms with van der Waals surface area (Å²) >= 11 is 1.77. The number of amides is 2. The van der Waals surface area contributed by atoms with Crippen molar-refractivity contribution in [2.75, 3.05) is 16.8 Å². The lowest BCUT2D eigenvalue weighted by Gasteiger charge is -2.32. The summed E-state index contributed by atoms with van der Waals surface area (Å²) in [5.41, 5.74) is 6.40. The van der Waals surface area contributed by atoms with E-state index < -0.39 is 0 Å². The molecular formula is C22H20N4OS. The lowest BCUT2D eigenvalue weighted by molar-refractivity contribution is 0.252. The third-order valence-corrected chi connectivity index (χ3v) is 5.43. The molecule has 0 atom stereocenters. The number of rotatable bonds is 4. The average Bonchev–Trinajstić information content (AvgIpc) is 2.73. The Morgan fingerprint density at radius 3 is 2.11 bits per heavy atom. The van der Waals surface area contributed by atoms with E-state index in [2.05, 4.69) is 45.0 Å². The van der Waals surface area contributed by atoms with Crippen molar-refractivity contribution in [2.24, 2.45) is 5.10 Å². The number of benzene rings is 3. The molecule has 2 N–H and O–H groups in total. The smallest absolute Gasteiger partial charge is 0.334 e. The fourth-order valence-electron chi connectivity index (χ4n) is 3.04. The fraction of sp³-hybridized carbons (Fsp3) is 0.0909. The van der Waals surface area contributed by atoms with Crippen LogP contribution < -0.4 is 15.6 Å². The van der Waals surface area contributed by atoms with Gasteiger partial charge in [-0.05, 0) is 43.3 Å². The lowest BCUT2D eigenvalue weighted by atomic mass is 10.2. The zero-order valence-electron chi connectivity index (χ0n) is 15.4. The molecule has 5 nitrogen and oxygen atoms in total. The summed E-state index contributed by atoms with van der Waals surface area (Å²) in [4.78, 5) is 16.7. The highest BCUT2D eigenvalue weighted by Crippen LogP contribution is 2.47. The summed E-state index contributed by atoms with van der Waals surface area (Å²) in [6.07, 6.45) is 0.